The fraction of sp³-hybridized carbons (Fsp3) is 0.312. The number of hydrogen-bond acceptors (Lipinski definition) is 6. The van der Waals surface area contributed by atoms with Crippen molar-refractivity contribution in [2.24, 2.45) is 0 Å². The van der Waals surface area contributed by atoms with Crippen LogP contribution in [0.2, 0.25) is 0 Å². The van der Waals surface area contributed by atoms with E-state index in [-0.39, 0.29) is 25.3 Å². The zero-order chi connectivity index (χ0) is 16.2. The number of fused-ring (bicyclic) bond motifs is 1. The van der Waals surface area contributed by atoms with E-state index in [1.165, 1.54) is 4.90 Å². The topological polar surface area (TPSA) is 82.1 Å². The summed E-state index contributed by atoms with van der Waals surface area (Å²) in [6, 6.07) is 9.19. The Morgan fingerprint density at radius 1 is 1.26 bits per heavy atom. The Morgan fingerprint density at radius 3 is 2.74 bits per heavy atom. The van der Waals surface area contributed by atoms with Gasteiger partial charge in [0, 0.05) is 0 Å². The van der Waals surface area contributed by atoms with E-state index in [4.69, 9.17) is 14.2 Å². The van der Waals surface area contributed by atoms with Gasteiger partial charge in [-0.15, -0.1) is 0 Å². The van der Waals surface area contributed by atoms with Crippen LogP contribution in [0.5, 0.6) is 0 Å². The van der Waals surface area contributed by atoms with Crippen molar-refractivity contribution in [2.45, 2.75) is 19.3 Å². The zero-order valence-electron chi connectivity index (χ0n) is 12.3. The molecule has 1 amide bonds. The fourth-order valence-corrected chi connectivity index (χ4v) is 2.26. The summed E-state index contributed by atoms with van der Waals surface area (Å²) in [6.07, 6.45) is 1.21. The number of rotatable bonds is 5. The summed E-state index contributed by atoms with van der Waals surface area (Å²) in [5, 5.41) is 0. The van der Waals surface area contributed by atoms with Crippen LogP contribution in [0.4, 0.5) is 0 Å². The molecule has 1 unspecified atom stereocenters. The van der Waals surface area contributed by atoms with Gasteiger partial charge in [0.15, 0.2) is 12.8 Å². The highest BCUT2D eigenvalue weighted by Crippen LogP contribution is 2.30. The van der Waals surface area contributed by atoms with Gasteiger partial charge in [-0.1, -0.05) is 30.3 Å². The minimum absolute atomic E-state index is 0.00347. The van der Waals surface area contributed by atoms with E-state index in [2.05, 4.69) is 0 Å². The highest BCUT2D eigenvalue weighted by atomic mass is 16.6. The molecule has 120 valence electrons. The average molecular weight is 317 g/mol. The largest absolute Gasteiger partial charge is 0.472 e. The van der Waals surface area contributed by atoms with Gasteiger partial charge in [-0.2, -0.15) is 0 Å². The minimum atomic E-state index is -0.702. The molecule has 0 N–H and O–H groups in total. The monoisotopic (exact) mass is 317 g/mol. The molecule has 2 aliphatic rings. The second kappa shape index (κ2) is 6.51. The van der Waals surface area contributed by atoms with Gasteiger partial charge in [0.2, 0.25) is 5.91 Å². The normalized spacial score (nSPS) is 20.5. The first-order valence-electron chi connectivity index (χ1n) is 7.15. The van der Waals surface area contributed by atoms with Crippen LogP contribution >= 0.6 is 0 Å². The van der Waals surface area contributed by atoms with E-state index >= 15 is 0 Å². The molecule has 2 aliphatic heterocycles. The maximum absolute atomic E-state index is 11.6. The molecule has 0 aliphatic carbocycles. The van der Waals surface area contributed by atoms with E-state index in [0.717, 1.165) is 11.6 Å². The lowest BCUT2D eigenvalue weighted by Crippen LogP contribution is -2.48. The van der Waals surface area contributed by atoms with Crippen LogP contribution in [0.15, 0.2) is 42.2 Å². The molecule has 1 aromatic rings. The van der Waals surface area contributed by atoms with E-state index in [0.29, 0.717) is 12.2 Å². The van der Waals surface area contributed by atoms with Gasteiger partial charge in [0.25, 0.3) is 0 Å². The Balaban J connectivity index is 1.39. The molecule has 7 nitrogen and oxygen atoms in total. The number of nitrogens with zero attached hydrogens (tertiary/aromatic N) is 1. The Hall–Kier alpha value is -2.83. The number of ether oxygens (including phenoxy) is 3. The molecule has 0 saturated carbocycles. The van der Waals surface area contributed by atoms with Crippen LogP contribution in [0.3, 0.4) is 0 Å². The summed E-state index contributed by atoms with van der Waals surface area (Å²) < 4.78 is 15.1. The molecule has 3 rings (SSSR count). The number of carbonyl (C=O) groups is 3. The van der Waals surface area contributed by atoms with Gasteiger partial charge in [-0.3, -0.25) is 9.69 Å². The van der Waals surface area contributed by atoms with Gasteiger partial charge in [-0.05, 0) is 5.56 Å². The van der Waals surface area contributed by atoms with Crippen molar-refractivity contribution < 1.29 is 28.6 Å². The summed E-state index contributed by atoms with van der Waals surface area (Å²) in [5.41, 5.74) is 0.850. The number of esters is 2. The van der Waals surface area contributed by atoms with Gasteiger partial charge < -0.3 is 14.2 Å². The molecule has 0 aromatic heterocycles. The van der Waals surface area contributed by atoms with Crippen molar-refractivity contribution in [1.29, 1.82) is 0 Å². The summed E-state index contributed by atoms with van der Waals surface area (Å²) in [7, 11) is 0. The van der Waals surface area contributed by atoms with Crippen molar-refractivity contribution in [3.63, 3.8) is 0 Å². The Morgan fingerprint density at radius 2 is 2.04 bits per heavy atom. The standard InChI is InChI=1S/C16H15NO6/c18-13-7-14-17(13)8-12(23-14)6-15(19)22-10-16(20)21-9-11-4-2-1-3-5-11/h1-6,14H,7-10H2. The molecule has 2 fully saturated rings. The average Bonchev–Trinajstić information content (AvgIpc) is 2.88. The van der Waals surface area contributed by atoms with Crippen LogP contribution in [-0.4, -0.2) is 42.1 Å². The highest BCUT2D eigenvalue weighted by molar-refractivity contribution is 5.86. The van der Waals surface area contributed by atoms with Crippen molar-refractivity contribution in [2.75, 3.05) is 13.2 Å². The lowest BCUT2D eigenvalue weighted by molar-refractivity contribution is -0.157. The molecule has 0 spiro atoms. The molecular weight excluding hydrogens is 302 g/mol. The predicted octanol–water partition coefficient (Wildman–Crippen LogP) is 0.745. The van der Waals surface area contributed by atoms with E-state index < -0.39 is 18.5 Å². The maximum Gasteiger partial charge on any atom is 0.344 e. The van der Waals surface area contributed by atoms with Crippen LogP contribution < -0.4 is 0 Å². The molecule has 23 heavy (non-hydrogen) atoms. The first-order valence-corrected chi connectivity index (χ1v) is 7.15. The van der Waals surface area contributed by atoms with E-state index in [1.807, 2.05) is 30.3 Å². The summed E-state index contributed by atoms with van der Waals surface area (Å²) in [5.74, 6) is -0.974. The second-order valence-corrected chi connectivity index (χ2v) is 5.16. The van der Waals surface area contributed by atoms with Gasteiger partial charge >= 0.3 is 11.9 Å². The van der Waals surface area contributed by atoms with Gasteiger partial charge in [0.1, 0.15) is 12.4 Å². The molecular formula is C16H15NO6. The fourth-order valence-electron chi connectivity index (χ4n) is 2.26. The smallest absolute Gasteiger partial charge is 0.344 e. The van der Waals surface area contributed by atoms with Crippen molar-refractivity contribution in [3.05, 3.63) is 47.7 Å². The molecule has 1 atom stereocenters. The molecule has 1 aromatic carbocycles. The van der Waals surface area contributed by atoms with E-state index in [1.54, 1.807) is 0 Å². The van der Waals surface area contributed by atoms with Crippen LogP contribution in [0, 0.1) is 0 Å². The summed E-state index contributed by atoms with van der Waals surface area (Å²) >= 11 is 0. The molecule has 0 bridgehead atoms. The number of hydrogen-bond donors (Lipinski definition) is 0. The Kier molecular flexibility index (Phi) is 4.27. The predicted molar refractivity (Wildman–Crippen MR) is 76.5 cm³/mol. The first-order chi connectivity index (χ1) is 11.1. The van der Waals surface area contributed by atoms with Crippen molar-refractivity contribution >= 4 is 17.8 Å². The van der Waals surface area contributed by atoms with Crippen LogP contribution in [-0.2, 0) is 35.2 Å². The van der Waals surface area contributed by atoms with Gasteiger partial charge in [-0.25, -0.2) is 9.59 Å². The number of benzene rings is 1. The molecule has 0 radical (unpaired) electrons. The van der Waals surface area contributed by atoms with Gasteiger partial charge in [0.05, 0.1) is 19.0 Å². The Bertz CT molecular complexity index is 654. The highest BCUT2D eigenvalue weighted by Gasteiger charge is 2.43. The molecule has 2 heterocycles. The quantitative estimate of drug-likeness (QED) is 0.453. The second-order valence-electron chi connectivity index (χ2n) is 5.16. The number of β-lactam (4-membered cyclic amide) rings is 1. The third-order valence-electron chi connectivity index (χ3n) is 3.48. The molecule has 2 saturated heterocycles. The third kappa shape index (κ3) is 3.68. The lowest BCUT2D eigenvalue weighted by Gasteiger charge is -2.30. The first kappa shape index (κ1) is 15.1. The Labute approximate surface area is 132 Å². The van der Waals surface area contributed by atoms with Crippen LogP contribution in [0.1, 0.15) is 12.0 Å². The number of carbonyl (C=O) groups excluding carboxylic acids is 3. The van der Waals surface area contributed by atoms with Crippen molar-refractivity contribution in [1.82, 2.24) is 4.90 Å². The zero-order valence-corrected chi connectivity index (χ0v) is 12.3. The third-order valence-corrected chi connectivity index (χ3v) is 3.48. The van der Waals surface area contributed by atoms with Crippen molar-refractivity contribution in [3.8, 4) is 0 Å². The number of amides is 1. The molecule has 7 heteroatoms. The maximum atomic E-state index is 11.6. The lowest BCUT2D eigenvalue weighted by atomic mass is 10.2. The van der Waals surface area contributed by atoms with E-state index in [9.17, 15) is 14.4 Å². The summed E-state index contributed by atoms with van der Waals surface area (Å²) in [6.45, 7) is -0.0846. The summed E-state index contributed by atoms with van der Waals surface area (Å²) in [4.78, 5) is 35.8. The van der Waals surface area contributed by atoms with Crippen LogP contribution in [0.25, 0.3) is 0 Å². The SMILES string of the molecule is O=C(C=C1CN2C(=O)CC2O1)OCC(=O)OCc1ccccc1. The minimum Gasteiger partial charge on any atom is -0.472 e.